The lowest BCUT2D eigenvalue weighted by Crippen LogP contribution is -2.43. The number of carbonyl (C=O) groups is 1. The summed E-state index contributed by atoms with van der Waals surface area (Å²) in [5.74, 6) is 0.554. The van der Waals surface area contributed by atoms with Crippen molar-refractivity contribution in [3.63, 3.8) is 0 Å². The predicted octanol–water partition coefficient (Wildman–Crippen LogP) is 0.162. The van der Waals surface area contributed by atoms with Crippen LogP contribution in [0.5, 0.6) is 0 Å². The molecule has 0 bridgehead atoms. The molecule has 0 spiro atoms. The van der Waals surface area contributed by atoms with E-state index in [2.05, 4.69) is 10.0 Å². The third-order valence-electron chi connectivity index (χ3n) is 2.74. The van der Waals surface area contributed by atoms with E-state index in [0.717, 1.165) is 5.75 Å². The molecule has 0 aliphatic heterocycles. The number of nitrogens with two attached hydrogens (primary N) is 1. The minimum atomic E-state index is -3.53. The van der Waals surface area contributed by atoms with Crippen LogP contribution in [-0.2, 0) is 14.8 Å². The molecule has 1 atom stereocenters. The third-order valence-corrected chi connectivity index (χ3v) is 4.86. The van der Waals surface area contributed by atoms with Crippen molar-refractivity contribution in [2.45, 2.75) is 17.4 Å². The first-order valence-electron chi connectivity index (χ1n) is 6.54. The van der Waals surface area contributed by atoms with Crippen molar-refractivity contribution >= 4 is 27.7 Å². The number of sulfonamides is 1. The molecule has 1 aromatic rings. The van der Waals surface area contributed by atoms with Gasteiger partial charge in [-0.2, -0.15) is 11.8 Å². The van der Waals surface area contributed by atoms with Gasteiger partial charge in [0.1, 0.15) is 0 Å². The maximum Gasteiger partial charge on any atom is 0.240 e. The van der Waals surface area contributed by atoms with Crippen LogP contribution in [0.15, 0.2) is 35.2 Å². The summed E-state index contributed by atoms with van der Waals surface area (Å²) in [6.07, 6.45) is 2.55. The minimum Gasteiger partial charge on any atom is -0.353 e. The average molecular weight is 331 g/mol. The second kappa shape index (κ2) is 9.04. The molecule has 6 nitrogen and oxygen atoms in total. The number of hydrogen-bond acceptors (Lipinski definition) is 5. The quantitative estimate of drug-likeness (QED) is 0.560. The highest BCUT2D eigenvalue weighted by atomic mass is 32.2. The van der Waals surface area contributed by atoms with Gasteiger partial charge >= 0.3 is 0 Å². The van der Waals surface area contributed by atoms with E-state index in [0.29, 0.717) is 6.42 Å². The summed E-state index contributed by atoms with van der Waals surface area (Å²) >= 11 is 1.63. The van der Waals surface area contributed by atoms with Crippen LogP contribution >= 0.6 is 11.8 Å². The van der Waals surface area contributed by atoms with E-state index in [1.54, 1.807) is 30.0 Å². The Kier molecular flexibility index (Phi) is 7.73. The normalized spacial score (nSPS) is 12.9. The third kappa shape index (κ3) is 6.47. The average Bonchev–Trinajstić information content (AvgIpc) is 2.49. The summed E-state index contributed by atoms with van der Waals surface area (Å²) in [5.41, 5.74) is 5.70. The van der Waals surface area contributed by atoms with Crippen molar-refractivity contribution in [2.75, 3.05) is 25.1 Å². The van der Waals surface area contributed by atoms with Crippen LogP contribution in [0, 0.1) is 0 Å². The number of amides is 1. The molecule has 118 valence electrons. The number of carbonyl (C=O) groups excluding carboxylic acids is 1. The molecule has 4 N–H and O–H groups in total. The topological polar surface area (TPSA) is 101 Å². The lowest BCUT2D eigenvalue weighted by molar-refractivity contribution is -0.122. The van der Waals surface area contributed by atoms with Gasteiger partial charge in [-0.3, -0.25) is 4.79 Å². The van der Waals surface area contributed by atoms with E-state index in [9.17, 15) is 13.2 Å². The molecule has 0 aromatic heterocycles. The van der Waals surface area contributed by atoms with E-state index in [4.69, 9.17) is 5.73 Å². The van der Waals surface area contributed by atoms with Gasteiger partial charge in [0.15, 0.2) is 0 Å². The molecule has 0 fully saturated rings. The van der Waals surface area contributed by atoms with Crippen molar-refractivity contribution < 1.29 is 13.2 Å². The standard InChI is InChI=1S/C13H21N3O3S2/c1-20-10-7-12(14)13(17)15-8-9-16-21(18,19)11-5-3-2-4-6-11/h2-6,12,16H,7-10,14H2,1H3,(H,15,17)/t12-/m0/s1. The maximum absolute atomic E-state index is 11.9. The van der Waals surface area contributed by atoms with Gasteiger partial charge in [-0.15, -0.1) is 0 Å². The first kappa shape index (κ1) is 18.0. The van der Waals surface area contributed by atoms with E-state index >= 15 is 0 Å². The predicted molar refractivity (Wildman–Crippen MR) is 85.6 cm³/mol. The van der Waals surface area contributed by atoms with Crippen molar-refractivity contribution in [1.29, 1.82) is 0 Å². The molecular weight excluding hydrogens is 310 g/mol. The summed E-state index contributed by atoms with van der Waals surface area (Å²) < 4.78 is 26.2. The number of rotatable bonds is 9. The van der Waals surface area contributed by atoms with Gasteiger partial charge in [0.05, 0.1) is 10.9 Å². The zero-order valence-corrected chi connectivity index (χ0v) is 13.5. The van der Waals surface area contributed by atoms with E-state index in [-0.39, 0.29) is 23.9 Å². The zero-order valence-electron chi connectivity index (χ0n) is 11.9. The van der Waals surface area contributed by atoms with Crippen LogP contribution < -0.4 is 15.8 Å². The number of thioether (sulfide) groups is 1. The molecule has 0 aliphatic rings. The lowest BCUT2D eigenvalue weighted by atomic mass is 10.2. The van der Waals surface area contributed by atoms with E-state index in [1.807, 2.05) is 6.26 Å². The second-order valence-corrected chi connectivity index (χ2v) is 7.14. The summed E-state index contributed by atoms with van der Waals surface area (Å²) in [6.45, 7) is 0.329. The molecule has 0 radical (unpaired) electrons. The first-order valence-corrected chi connectivity index (χ1v) is 9.42. The molecule has 1 amide bonds. The van der Waals surface area contributed by atoms with Crippen LogP contribution in [-0.4, -0.2) is 45.5 Å². The van der Waals surface area contributed by atoms with Crippen molar-refractivity contribution in [1.82, 2.24) is 10.0 Å². The fraction of sp³-hybridized carbons (Fsp3) is 0.462. The zero-order chi connectivity index (χ0) is 15.7. The number of hydrogen-bond donors (Lipinski definition) is 3. The van der Waals surface area contributed by atoms with Crippen molar-refractivity contribution in [3.05, 3.63) is 30.3 Å². The highest BCUT2D eigenvalue weighted by Gasteiger charge is 2.14. The summed E-state index contributed by atoms with van der Waals surface area (Å²) in [5, 5.41) is 2.62. The molecule has 0 unspecified atom stereocenters. The summed E-state index contributed by atoms with van der Waals surface area (Å²) in [7, 11) is -3.53. The van der Waals surface area contributed by atoms with Gasteiger partial charge in [0.2, 0.25) is 15.9 Å². The Labute approximate surface area is 129 Å². The molecular formula is C13H21N3O3S2. The van der Waals surface area contributed by atoms with Gasteiger partial charge in [-0.05, 0) is 30.6 Å². The van der Waals surface area contributed by atoms with Gasteiger partial charge in [-0.25, -0.2) is 13.1 Å². The lowest BCUT2D eigenvalue weighted by Gasteiger charge is -2.12. The Balaban J connectivity index is 2.32. The molecule has 0 saturated carbocycles. The van der Waals surface area contributed by atoms with Gasteiger partial charge < -0.3 is 11.1 Å². The Morgan fingerprint density at radius 3 is 2.57 bits per heavy atom. The SMILES string of the molecule is CSCC[C@H](N)C(=O)NCCNS(=O)(=O)c1ccccc1. The smallest absolute Gasteiger partial charge is 0.240 e. The van der Waals surface area contributed by atoms with Crippen LogP contribution in [0.4, 0.5) is 0 Å². The first-order chi connectivity index (χ1) is 9.97. The molecule has 1 rings (SSSR count). The highest BCUT2D eigenvalue weighted by molar-refractivity contribution is 7.98. The number of nitrogens with one attached hydrogen (secondary N) is 2. The van der Waals surface area contributed by atoms with Crippen LogP contribution in [0.2, 0.25) is 0 Å². The molecule has 1 aromatic carbocycles. The molecule has 8 heteroatoms. The van der Waals surface area contributed by atoms with Gasteiger partial charge in [-0.1, -0.05) is 18.2 Å². The van der Waals surface area contributed by atoms with Crippen molar-refractivity contribution in [2.24, 2.45) is 5.73 Å². The number of benzene rings is 1. The van der Waals surface area contributed by atoms with Crippen LogP contribution in [0.1, 0.15) is 6.42 Å². The van der Waals surface area contributed by atoms with E-state index < -0.39 is 16.1 Å². The molecule has 0 saturated heterocycles. The van der Waals surface area contributed by atoms with Gasteiger partial charge in [0, 0.05) is 13.1 Å². The van der Waals surface area contributed by atoms with Gasteiger partial charge in [0.25, 0.3) is 0 Å². The Morgan fingerprint density at radius 2 is 1.95 bits per heavy atom. The maximum atomic E-state index is 11.9. The minimum absolute atomic E-state index is 0.123. The molecule has 21 heavy (non-hydrogen) atoms. The summed E-state index contributed by atoms with van der Waals surface area (Å²) in [4.78, 5) is 11.8. The van der Waals surface area contributed by atoms with Crippen LogP contribution in [0.25, 0.3) is 0 Å². The van der Waals surface area contributed by atoms with E-state index in [1.165, 1.54) is 12.1 Å². The van der Waals surface area contributed by atoms with Crippen LogP contribution in [0.3, 0.4) is 0 Å². The second-order valence-electron chi connectivity index (χ2n) is 4.39. The van der Waals surface area contributed by atoms with Crippen molar-refractivity contribution in [3.8, 4) is 0 Å². The monoisotopic (exact) mass is 331 g/mol. The molecule has 0 heterocycles. The molecule has 0 aliphatic carbocycles. The fourth-order valence-electron chi connectivity index (χ4n) is 1.56. The Morgan fingerprint density at radius 1 is 1.29 bits per heavy atom. The largest absolute Gasteiger partial charge is 0.353 e. The highest BCUT2D eigenvalue weighted by Crippen LogP contribution is 2.06. The summed E-state index contributed by atoms with van der Waals surface area (Å²) in [6, 6.07) is 7.53. The fourth-order valence-corrected chi connectivity index (χ4v) is 3.10. The Bertz CT molecular complexity index is 535. The Hall–Kier alpha value is -1.09.